The molecule has 0 saturated heterocycles. The Morgan fingerprint density at radius 1 is 1.57 bits per heavy atom. The number of nitrogens with one attached hydrogen (secondary N) is 1. The first-order valence-corrected chi connectivity index (χ1v) is 1.90. The summed E-state index contributed by atoms with van der Waals surface area (Å²) < 4.78 is 0. The predicted molar refractivity (Wildman–Crippen MR) is 24.2 cm³/mol. The van der Waals surface area contributed by atoms with Crippen LogP contribution in [0.2, 0.25) is 0 Å². The van der Waals surface area contributed by atoms with Crippen molar-refractivity contribution in [2.45, 2.75) is 13.8 Å². The molecule has 0 fully saturated rings. The number of carbonyl (C=O) groups is 1. The Bertz CT molecular complexity index is 62.7. The Morgan fingerprint density at radius 2 is 1.71 bits per heavy atom. The molecule has 0 heterocycles. The zero-order chi connectivity index (χ0) is 5.15. The van der Waals surface area contributed by atoms with Crippen LogP contribution in [-0.4, -0.2) is 5.91 Å². The van der Waals surface area contributed by atoms with Gasteiger partial charge in [-0.2, -0.15) is 0 Å². The van der Waals surface area contributed by atoms with Crippen molar-refractivity contribution in [2.24, 2.45) is 5.92 Å². The third-order valence-electron chi connectivity index (χ3n) is 0.524. The molecule has 39 valence electrons. The minimum absolute atomic E-state index is 0. The molecule has 1 radical (unpaired) electrons. The molecule has 2 nitrogen and oxygen atoms in total. The zero-order valence-electron chi connectivity index (χ0n) is 4.56. The van der Waals surface area contributed by atoms with Gasteiger partial charge >= 0.3 is 0 Å². The van der Waals surface area contributed by atoms with Crippen molar-refractivity contribution in [3.05, 3.63) is 5.73 Å². The maximum atomic E-state index is 9.81. The summed E-state index contributed by atoms with van der Waals surface area (Å²) in [5.41, 5.74) is 6.39. The molecule has 0 aromatic carbocycles. The first kappa shape index (κ1) is 10.5. The Hall–Kier alpha value is 0.574. The summed E-state index contributed by atoms with van der Waals surface area (Å²) in [5.74, 6) is -0.611. The van der Waals surface area contributed by atoms with Crippen molar-refractivity contribution in [1.82, 2.24) is 0 Å². The van der Waals surface area contributed by atoms with Gasteiger partial charge in [0.05, 0.1) is 5.91 Å². The SMILES string of the molecule is CC(C)C([NH-])=O.[Y]. The second-order valence-corrected chi connectivity index (χ2v) is 1.52. The van der Waals surface area contributed by atoms with Gasteiger partial charge in [0.1, 0.15) is 0 Å². The predicted octanol–water partition coefficient (Wildman–Crippen LogP) is 1.22. The first-order valence-electron chi connectivity index (χ1n) is 1.90. The third kappa shape index (κ3) is 6.57. The Balaban J connectivity index is 0. The van der Waals surface area contributed by atoms with Crippen LogP contribution in [0.1, 0.15) is 13.8 Å². The van der Waals surface area contributed by atoms with Crippen molar-refractivity contribution in [1.29, 1.82) is 0 Å². The standard InChI is InChI=1S/C4H9NO.Y/c1-3(2)4(5)6;/h3H,1-2H3,(H2,5,6);/p-1. The fourth-order valence-electron chi connectivity index (χ4n) is 0. The molecule has 0 aliphatic rings. The zero-order valence-corrected chi connectivity index (χ0v) is 7.40. The number of carbonyl (C=O) groups excluding carboxylic acids is 1. The van der Waals surface area contributed by atoms with Crippen LogP contribution in [0.25, 0.3) is 5.73 Å². The van der Waals surface area contributed by atoms with Crippen LogP contribution in [0, 0.1) is 5.92 Å². The van der Waals surface area contributed by atoms with Crippen molar-refractivity contribution < 1.29 is 37.5 Å². The van der Waals surface area contributed by atoms with Crippen LogP contribution in [0.4, 0.5) is 0 Å². The molecule has 0 aliphatic heterocycles. The maximum absolute atomic E-state index is 9.81. The van der Waals surface area contributed by atoms with Gasteiger partial charge in [-0.25, -0.2) is 0 Å². The van der Waals surface area contributed by atoms with Gasteiger partial charge in [-0.05, 0) is 5.92 Å². The van der Waals surface area contributed by atoms with Crippen molar-refractivity contribution >= 4 is 5.91 Å². The summed E-state index contributed by atoms with van der Waals surface area (Å²) in [4.78, 5) is 9.81. The summed E-state index contributed by atoms with van der Waals surface area (Å²) in [6, 6.07) is 0. The molecule has 1 amide bonds. The summed E-state index contributed by atoms with van der Waals surface area (Å²) in [7, 11) is 0. The van der Waals surface area contributed by atoms with Gasteiger partial charge < -0.3 is 10.5 Å². The van der Waals surface area contributed by atoms with Gasteiger partial charge in [0.2, 0.25) is 0 Å². The summed E-state index contributed by atoms with van der Waals surface area (Å²) >= 11 is 0. The molecule has 0 aliphatic carbocycles. The van der Waals surface area contributed by atoms with Gasteiger partial charge in [-0.3, -0.25) is 0 Å². The van der Waals surface area contributed by atoms with Gasteiger partial charge in [-0.15, -0.1) is 0 Å². The molecule has 0 rings (SSSR count). The number of hydrogen-bond donors (Lipinski definition) is 0. The van der Waals surface area contributed by atoms with Crippen LogP contribution in [0.15, 0.2) is 0 Å². The van der Waals surface area contributed by atoms with Crippen LogP contribution >= 0.6 is 0 Å². The van der Waals surface area contributed by atoms with Crippen molar-refractivity contribution in [3.8, 4) is 0 Å². The average molecular weight is 175 g/mol. The van der Waals surface area contributed by atoms with E-state index in [1.807, 2.05) is 0 Å². The molecule has 7 heavy (non-hydrogen) atoms. The molecule has 0 aromatic rings. The normalized spacial score (nSPS) is 7.86. The quantitative estimate of drug-likeness (QED) is 0.590. The van der Waals surface area contributed by atoms with E-state index in [2.05, 4.69) is 0 Å². The maximum Gasteiger partial charge on any atom is 0.0513 e. The Morgan fingerprint density at radius 3 is 1.71 bits per heavy atom. The van der Waals surface area contributed by atoms with Crippen LogP contribution in [0.3, 0.4) is 0 Å². The van der Waals surface area contributed by atoms with E-state index in [4.69, 9.17) is 5.73 Å². The number of hydrogen-bond acceptors (Lipinski definition) is 1. The molecule has 0 spiro atoms. The largest absolute Gasteiger partial charge is 0.668 e. The summed E-state index contributed by atoms with van der Waals surface area (Å²) in [6.45, 7) is 3.41. The van der Waals surface area contributed by atoms with E-state index in [1.54, 1.807) is 13.8 Å². The summed E-state index contributed by atoms with van der Waals surface area (Å²) in [5, 5.41) is 0. The first-order chi connectivity index (χ1) is 2.64. The monoisotopic (exact) mass is 175 g/mol. The van der Waals surface area contributed by atoms with E-state index in [0.29, 0.717) is 0 Å². The van der Waals surface area contributed by atoms with Gasteiger partial charge in [0.15, 0.2) is 0 Å². The van der Waals surface area contributed by atoms with E-state index in [-0.39, 0.29) is 38.6 Å². The smallest absolute Gasteiger partial charge is 0.0513 e. The van der Waals surface area contributed by atoms with E-state index in [1.165, 1.54) is 0 Å². The van der Waals surface area contributed by atoms with E-state index < -0.39 is 5.91 Å². The van der Waals surface area contributed by atoms with Gasteiger partial charge in [-0.1, -0.05) is 13.8 Å². The molecule has 0 aromatic heterocycles. The minimum atomic E-state index is -0.491. The van der Waals surface area contributed by atoms with Gasteiger partial charge in [0.25, 0.3) is 0 Å². The van der Waals surface area contributed by atoms with Crippen LogP contribution in [0.5, 0.6) is 0 Å². The third-order valence-corrected chi connectivity index (χ3v) is 0.524. The Labute approximate surface area is 68.7 Å². The summed E-state index contributed by atoms with van der Waals surface area (Å²) in [6.07, 6.45) is 0. The molecule has 0 unspecified atom stereocenters. The van der Waals surface area contributed by atoms with E-state index in [9.17, 15) is 4.79 Å². The molecule has 1 N–H and O–H groups in total. The molecule has 0 saturated carbocycles. The van der Waals surface area contributed by atoms with Crippen molar-refractivity contribution in [2.75, 3.05) is 0 Å². The molecule has 0 bridgehead atoms. The molecule has 0 atom stereocenters. The van der Waals surface area contributed by atoms with Crippen LogP contribution in [-0.2, 0) is 37.5 Å². The van der Waals surface area contributed by atoms with Crippen molar-refractivity contribution in [3.63, 3.8) is 0 Å². The van der Waals surface area contributed by atoms with E-state index in [0.717, 1.165) is 0 Å². The average Bonchev–Trinajstić information content (AvgIpc) is 1.36. The van der Waals surface area contributed by atoms with E-state index >= 15 is 0 Å². The molecule has 3 heteroatoms. The minimum Gasteiger partial charge on any atom is -0.668 e. The van der Waals surface area contributed by atoms with Gasteiger partial charge in [0, 0.05) is 32.7 Å². The fourth-order valence-corrected chi connectivity index (χ4v) is 0. The second kappa shape index (κ2) is 4.73. The molecular weight excluding hydrogens is 167 g/mol. The molecular formula is C4H8NOY-. The Kier molecular flexibility index (Phi) is 7.11. The number of amides is 1. The topological polar surface area (TPSA) is 40.9 Å². The fraction of sp³-hybridized carbons (Fsp3) is 0.750. The second-order valence-electron chi connectivity index (χ2n) is 1.52. The number of rotatable bonds is 1. The van der Waals surface area contributed by atoms with Crippen LogP contribution < -0.4 is 0 Å².